The molecule has 1 aromatic rings. The highest BCUT2D eigenvalue weighted by molar-refractivity contribution is 6.30. The van der Waals surface area contributed by atoms with Crippen LogP contribution in [0.5, 0.6) is 0 Å². The monoisotopic (exact) mass is 266 g/mol. The van der Waals surface area contributed by atoms with Crippen LogP contribution in [0.2, 0.25) is 5.02 Å². The molecule has 0 saturated carbocycles. The Hall–Kier alpha value is -1.22. The van der Waals surface area contributed by atoms with Gasteiger partial charge in [0.25, 0.3) is 0 Å². The summed E-state index contributed by atoms with van der Waals surface area (Å²) in [5, 5.41) is 3.99. The number of aryl methyl sites for hydroxylation is 1. The second kappa shape index (κ2) is 6.10. The van der Waals surface area contributed by atoms with E-state index in [1.54, 1.807) is 0 Å². The number of likely N-dealkylation sites (tertiary alicyclic amines) is 1. The van der Waals surface area contributed by atoms with Crippen LogP contribution in [0.25, 0.3) is 0 Å². The van der Waals surface area contributed by atoms with E-state index >= 15 is 0 Å². The van der Waals surface area contributed by atoms with Crippen molar-refractivity contribution in [2.45, 2.75) is 26.2 Å². The van der Waals surface area contributed by atoms with Crippen LogP contribution in [0.1, 0.15) is 24.8 Å². The van der Waals surface area contributed by atoms with Crippen LogP contribution < -0.4 is 5.32 Å². The van der Waals surface area contributed by atoms with E-state index in [1.807, 2.05) is 30.0 Å². The van der Waals surface area contributed by atoms with Gasteiger partial charge in [0, 0.05) is 36.8 Å². The number of nitrogens with zero attached hydrogens (tertiary/aromatic N) is 1. The highest BCUT2D eigenvalue weighted by Crippen LogP contribution is 2.20. The molecule has 0 aromatic heterocycles. The lowest BCUT2D eigenvalue weighted by Crippen LogP contribution is -2.29. The Labute approximate surface area is 113 Å². The van der Waals surface area contributed by atoms with Crippen molar-refractivity contribution in [3.63, 3.8) is 0 Å². The highest BCUT2D eigenvalue weighted by atomic mass is 35.5. The molecule has 1 aliphatic rings. The number of carbonyl (C=O) groups is 1. The fraction of sp³-hybridized carbons (Fsp3) is 0.500. The van der Waals surface area contributed by atoms with Crippen LogP contribution in [0, 0.1) is 6.92 Å². The van der Waals surface area contributed by atoms with E-state index in [9.17, 15) is 4.79 Å². The first-order valence-corrected chi connectivity index (χ1v) is 6.82. The van der Waals surface area contributed by atoms with Gasteiger partial charge in [-0.15, -0.1) is 0 Å². The Kier molecular flexibility index (Phi) is 4.48. The van der Waals surface area contributed by atoms with E-state index in [0.29, 0.717) is 18.0 Å². The molecule has 98 valence electrons. The number of amides is 1. The van der Waals surface area contributed by atoms with Gasteiger partial charge in [-0.25, -0.2) is 0 Å². The molecular formula is C14H19ClN2O. The maximum absolute atomic E-state index is 11.8. The molecule has 0 bridgehead atoms. The number of nitrogens with one attached hydrogen (secondary N) is 1. The van der Waals surface area contributed by atoms with Crippen LogP contribution in [0.15, 0.2) is 18.2 Å². The summed E-state index contributed by atoms with van der Waals surface area (Å²) in [5.74, 6) is 0.250. The van der Waals surface area contributed by atoms with Crippen LogP contribution in [0.4, 0.5) is 5.69 Å². The molecule has 0 aliphatic carbocycles. The quantitative estimate of drug-likeness (QED) is 0.908. The molecule has 4 heteroatoms. The Morgan fingerprint density at radius 2 is 2.11 bits per heavy atom. The number of hydrogen-bond acceptors (Lipinski definition) is 2. The van der Waals surface area contributed by atoms with E-state index in [4.69, 9.17) is 11.6 Å². The van der Waals surface area contributed by atoms with Crippen LogP contribution >= 0.6 is 11.6 Å². The number of hydrogen-bond donors (Lipinski definition) is 1. The molecule has 2 rings (SSSR count). The molecule has 1 heterocycles. The summed E-state index contributed by atoms with van der Waals surface area (Å²) in [6.45, 7) is 4.54. The first-order chi connectivity index (χ1) is 8.66. The summed E-state index contributed by atoms with van der Waals surface area (Å²) >= 11 is 5.95. The van der Waals surface area contributed by atoms with Gasteiger partial charge in [0.15, 0.2) is 0 Å². The number of halogens is 1. The van der Waals surface area contributed by atoms with Crippen LogP contribution in [0.3, 0.4) is 0 Å². The Morgan fingerprint density at radius 3 is 2.83 bits per heavy atom. The third-order valence-electron chi connectivity index (χ3n) is 3.31. The van der Waals surface area contributed by atoms with Gasteiger partial charge in [0.05, 0.1) is 0 Å². The molecule has 0 spiro atoms. The average Bonchev–Trinajstić information content (AvgIpc) is 2.87. The molecule has 1 fully saturated rings. The van der Waals surface area contributed by atoms with Gasteiger partial charge < -0.3 is 10.2 Å². The van der Waals surface area contributed by atoms with Crippen molar-refractivity contribution in [1.82, 2.24) is 4.90 Å². The standard InChI is InChI=1S/C14H19ClN2O/c1-11-4-5-12(15)10-13(11)16-7-6-14(18)17-8-2-3-9-17/h4-5,10,16H,2-3,6-9H2,1H3. The third kappa shape index (κ3) is 3.39. The SMILES string of the molecule is Cc1ccc(Cl)cc1NCCC(=O)N1CCCC1. The smallest absolute Gasteiger partial charge is 0.224 e. The largest absolute Gasteiger partial charge is 0.384 e. The molecular weight excluding hydrogens is 248 g/mol. The number of carbonyl (C=O) groups excluding carboxylic acids is 1. The predicted molar refractivity (Wildman–Crippen MR) is 75.1 cm³/mol. The number of rotatable bonds is 4. The second-order valence-electron chi connectivity index (χ2n) is 4.72. The minimum atomic E-state index is 0.250. The van der Waals surface area contributed by atoms with Gasteiger partial charge in [-0.2, -0.15) is 0 Å². The zero-order chi connectivity index (χ0) is 13.0. The van der Waals surface area contributed by atoms with Crippen molar-refractivity contribution in [2.24, 2.45) is 0 Å². The molecule has 1 N–H and O–H groups in total. The maximum atomic E-state index is 11.8. The number of benzene rings is 1. The molecule has 1 aromatic carbocycles. The van der Waals surface area contributed by atoms with Crippen LogP contribution in [-0.4, -0.2) is 30.4 Å². The van der Waals surface area contributed by atoms with E-state index in [-0.39, 0.29) is 5.91 Å². The normalized spacial score (nSPS) is 14.9. The molecule has 3 nitrogen and oxygen atoms in total. The van der Waals surface area contributed by atoms with Gasteiger partial charge in [-0.3, -0.25) is 4.79 Å². The molecule has 1 saturated heterocycles. The van der Waals surface area contributed by atoms with Crippen molar-refractivity contribution in [2.75, 3.05) is 25.0 Å². The second-order valence-corrected chi connectivity index (χ2v) is 5.16. The van der Waals surface area contributed by atoms with E-state index < -0.39 is 0 Å². The topological polar surface area (TPSA) is 32.3 Å². The summed E-state index contributed by atoms with van der Waals surface area (Å²) < 4.78 is 0. The van der Waals surface area contributed by atoms with Crippen molar-refractivity contribution < 1.29 is 4.79 Å². The Bertz CT molecular complexity index is 428. The first-order valence-electron chi connectivity index (χ1n) is 6.44. The van der Waals surface area contributed by atoms with Gasteiger partial charge >= 0.3 is 0 Å². The van der Waals surface area contributed by atoms with E-state index in [2.05, 4.69) is 5.32 Å². The third-order valence-corrected chi connectivity index (χ3v) is 3.55. The Morgan fingerprint density at radius 1 is 1.39 bits per heavy atom. The fourth-order valence-corrected chi connectivity index (χ4v) is 2.39. The number of anilines is 1. The highest BCUT2D eigenvalue weighted by Gasteiger charge is 2.16. The zero-order valence-electron chi connectivity index (χ0n) is 10.7. The van der Waals surface area contributed by atoms with Gasteiger partial charge in [0.2, 0.25) is 5.91 Å². The van der Waals surface area contributed by atoms with Crippen LogP contribution in [-0.2, 0) is 4.79 Å². The molecule has 1 aliphatic heterocycles. The zero-order valence-corrected chi connectivity index (χ0v) is 11.5. The first kappa shape index (κ1) is 13.2. The summed E-state index contributed by atoms with van der Waals surface area (Å²) in [4.78, 5) is 13.8. The van der Waals surface area contributed by atoms with Crippen molar-refractivity contribution in [3.8, 4) is 0 Å². The van der Waals surface area contributed by atoms with Gasteiger partial charge in [0.1, 0.15) is 0 Å². The molecule has 0 atom stereocenters. The summed E-state index contributed by atoms with van der Waals surface area (Å²) in [7, 11) is 0. The van der Waals surface area contributed by atoms with Crippen molar-refractivity contribution >= 4 is 23.2 Å². The molecule has 1 amide bonds. The van der Waals surface area contributed by atoms with E-state index in [0.717, 1.165) is 37.2 Å². The van der Waals surface area contributed by atoms with E-state index in [1.165, 1.54) is 0 Å². The minimum Gasteiger partial charge on any atom is -0.384 e. The summed E-state index contributed by atoms with van der Waals surface area (Å²) in [6.07, 6.45) is 2.84. The van der Waals surface area contributed by atoms with Crippen molar-refractivity contribution in [1.29, 1.82) is 0 Å². The molecule has 0 radical (unpaired) electrons. The summed E-state index contributed by atoms with van der Waals surface area (Å²) in [5.41, 5.74) is 2.16. The average molecular weight is 267 g/mol. The molecule has 18 heavy (non-hydrogen) atoms. The molecule has 0 unspecified atom stereocenters. The lowest BCUT2D eigenvalue weighted by molar-refractivity contribution is -0.129. The predicted octanol–water partition coefficient (Wildman–Crippen LogP) is 3.07. The van der Waals surface area contributed by atoms with Crippen molar-refractivity contribution in [3.05, 3.63) is 28.8 Å². The fourth-order valence-electron chi connectivity index (χ4n) is 2.21. The Balaban J connectivity index is 1.81. The van der Waals surface area contributed by atoms with Gasteiger partial charge in [-0.05, 0) is 37.5 Å². The lowest BCUT2D eigenvalue weighted by Gasteiger charge is -2.16. The minimum absolute atomic E-state index is 0.250. The maximum Gasteiger partial charge on any atom is 0.224 e. The lowest BCUT2D eigenvalue weighted by atomic mass is 10.2. The van der Waals surface area contributed by atoms with Gasteiger partial charge in [-0.1, -0.05) is 17.7 Å². The summed E-state index contributed by atoms with van der Waals surface area (Å²) in [6, 6.07) is 5.75.